The SMILES string of the molecule is CC1(C)C[C@H]2[C@@H](O)[C@@]3(O)[C@H](O)O[C@@H]4O[C@](C)(C[C@]43O)[C@H]2C1. The molecule has 0 radical (unpaired) electrons. The molecule has 2 heterocycles. The number of ether oxygens (including phenoxy) is 2. The lowest BCUT2D eigenvalue weighted by molar-refractivity contribution is -0.246. The first-order valence-corrected chi connectivity index (χ1v) is 7.68. The Morgan fingerprint density at radius 1 is 1.05 bits per heavy atom. The highest BCUT2D eigenvalue weighted by atomic mass is 16.8. The minimum absolute atomic E-state index is 0.0157. The molecule has 0 unspecified atom stereocenters. The quantitative estimate of drug-likeness (QED) is 0.491. The van der Waals surface area contributed by atoms with Crippen molar-refractivity contribution >= 4 is 0 Å². The fraction of sp³-hybridized carbons (Fsp3) is 1.00. The van der Waals surface area contributed by atoms with Crippen LogP contribution in [0.1, 0.15) is 40.0 Å². The number of rotatable bonds is 0. The van der Waals surface area contributed by atoms with E-state index in [-0.39, 0.29) is 23.7 Å². The zero-order valence-electron chi connectivity index (χ0n) is 12.6. The predicted octanol–water partition coefficient (Wildman–Crippen LogP) is -0.271. The topological polar surface area (TPSA) is 99.4 Å². The highest BCUT2D eigenvalue weighted by Gasteiger charge is 2.79. The summed E-state index contributed by atoms with van der Waals surface area (Å²) in [6, 6.07) is 0. The molecule has 0 spiro atoms. The van der Waals surface area contributed by atoms with E-state index < -0.39 is 35.5 Å². The lowest BCUT2D eigenvalue weighted by atomic mass is 9.74. The van der Waals surface area contributed by atoms with Crippen molar-refractivity contribution < 1.29 is 29.9 Å². The Kier molecular flexibility index (Phi) is 2.48. The van der Waals surface area contributed by atoms with E-state index in [1.54, 1.807) is 0 Å². The van der Waals surface area contributed by atoms with Crippen LogP contribution >= 0.6 is 0 Å². The molecule has 2 aliphatic carbocycles. The van der Waals surface area contributed by atoms with Crippen LogP contribution in [0.3, 0.4) is 0 Å². The van der Waals surface area contributed by atoms with Crippen molar-refractivity contribution in [3.05, 3.63) is 0 Å². The van der Waals surface area contributed by atoms with Crippen molar-refractivity contribution in [3.8, 4) is 0 Å². The third-order valence-corrected chi connectivity index (χ3v) is 6.43. The monoisotopic (exact) mass is 300 g/mol. The third-order valence-electron chi connectivity index (χ3n) is 6.43. The summed E-state index contributed by atoms with van der Waals surface area (Å²) in [5, 5.41) is 42.8. The van der Waals surface area contributed by atoms with E-state index in [0.717, 1.165) is 6.42 Å². The van der Waals surface area contributed by atoms with Crippen LogP contribution in [0.2, 0.25) is 0 Å². The summed E-state index contributed by atoms with van der Waals surface area (Å²) >= 11 is 0. The van der Waals surface area contributed by atoms with Crippen molar-refractivity contribution in [2.45, 2.75) is 75.5 Å². The maximum atomic E-state index is 11.0. The summed E-state index contributed by atoms with van der Waals surface area (Å²) in [5.41, 5.74) is -4.50. The maximum absolute atomic E-state index is 11.0. The number of hydrogen-bond acceptors (Lipinski definition) is 6. The molecule has 0 aromatic carbocycles. The highest BCUT2D eigenvalue weighted by Crippen LogP contribution is 2.65. The molecule has 2 saturated heterocycles. The van der Waals surface area contributed by atoms with Gasteiger partial charge in [-0.25, -0.2) is 0 Å². The van der Waals surface area contributed by atoms with Gasteiger partial charge in [0.15, 0.2) is 23.8 Å². The maximum Gasteiger partial charge on any atom is 0.193 e. The van der Waals surface area contributed by atoms with Crippen LogP contribution in [0.4, 0.5) is 0 Å². The molecule has 8 atom stereocenters. The molecule has 21 heavy (non-hydrogen) atoms. The van der Waals surface area contributed by atoms with Crippen molar-refractivity contribution in [3.63, 3.8) is 0 Å². The third kappa shape index (κ3) is 1.44. The van der Waals surface area contributed by atoms with Crippen LogP contribution in [0.15, 0.2) is 0 Å². The summed E-state index contributed by atoms with van der Waals surface area (Å²) in [7, 11) is 0. The van der Waals surface area contributed by atoms with Gasteiger partial charge in [0, 0.05) is 6.42 Å². The van der Waals surface area contributed by atoms with Gasteiger partial charge in [-0.3, -0.25) is 0 Å². The molecule has 0 amide bonds. The zero-order chi connectivity index (χ0) is 15.4. The summed E-state index contributed by atoms with van der Waals surface area (Å²) in [6.07, 6.45) is -2.25. The molecule has 0 aromatic rings. The van der Waals surface area contributed by atoms with Crippen LogP contribution in [-0.2, 0) is 9.47 Å². The zero-order valence-corrected chi connectivity index (χ0v) is 12.6. The summed E-state index contributed by atoms with van der Waals surface area (Å²) in [6.45, 7) is 6.18. The molecule has 2 saturated carbocycles. The first kappa shape index (κ1) is 14.4. The van der Waals surface area contributed by atoms with Crippen LogP contribution in [0.25, 0.3) is 0 Å². The van der Waals surface area contributed by atoms with Gasteiger partial charge in [-0.15, -0.1) is 0 Å². The van der Waals surface area contributed by atoms with Crippen LogP contribution < -0.4 is 0 Å². The molecule has 2 aliphatic heterocycles. The van der Waals surface area contributed by atoms with E-state index in [0.29, 0.717) is 6.42 Å². The molecule has 4 aliphatic rings. The highest BCUT2D eigenvalue weighted by molar-refractivity contribution is 5.24. The molecule has 4 rings (SSSR count). The molecular weight excluding hydrogens is 276 g/mol. The van der Waals surface area contributed by atoms with E-state index >= 15 is 0 Å². The lowest BCUT2D eigenvalue weighted by Crippen LogP contribution is -2.65. The Balaban J connectivity index is 1.88. The fourth-order valence-corrected chi connectivity index (χ4v) is 5.47. The molecule has 4 fully saturated rings. The molecular formula is C15H24O6. The molecule has 6 heteroatoms. The van der Waals surface area contributed by atoms with Crippen LogP contribution in [0, 0.1) is 17.3 Å². The van der Waals surface area contributed by atoms with E-state index in [1.807, 2.05) is 6.92 Å². The normalized spacial score (nSPS) is 64.4. The van der Waals surface area contributed by atoms with Gasteiger partial charge in [0.1, 0.15) is 0 Å². The Hall–Kier alpha value is -0.240. The Morgan fingerprint density at radius 3 is 2.38 bits per heavy atom. The van der Waals surface area contributed by atoms with Gasteiger partial charge >= 0.3 is 0 Å². The average molecular weight is 300 g/mol. The summed E-state index contributed by atoms with van der Waals surface area (Å²) in [4.78, 5) is 0. The van der Waals surface area contributed by atoms with Gasteiger partial charge in [-0.2, -0.15) is 0 Å². The Labute approximate surface area is 123 Å². The van der Waals surface area contributed by atoms with Gasteiger partial charge < -0.3 is 29.9 Å². The number of aliphatic hydroxyl groups is 4. The number of aliphatic hydroxyl groups excluding tert-OH is 2. The van der Waals surface area contributed by atoms with E-state index in [4.69, 9.17) is 9.47 Å². The van der Waals surface area contributed by atoms with Gasteiger partial charge in [0.05, 0.1) is 11.7 Å². The largest absolute Gasteiger partial charge is 0.389 e. The Morgan fingerprint density at radius 2 is 1.71 bits per heavy atom. The first-order valence-electron chi connectivity index (χ1n) is 7.68. The molecule has 4 N–H and O–H groups in total. The summed E-state index contributed by atoms with van der Waals surface area (Å²) in [5.74, 6) is -0.219. The smallest absolute Gasteiger partial charge is 0.193 e. The standard InChI is InChI=1S/C15H24O6/c1-12(2)4-7-8(5-12)13(3)6-14(18)11(21-13)20-10(17)15(14,19)9(7)16/h7-11,16-19H,4-6H2,1-3H3/t7-,8+,9-,10-,11-,13-,14+,15-/m1/s1. The van der Waals surface area contributed by atoms with E-state index in [1.165, 1.54) is 0 Å². The average Bonchev–Trinajstić information content (AvgIpc) is 2.88. The van der Waals surface area contributed by atoms with Crippen molar-refractivity contribution in [1.82, 2.24) is 0 Å². The first-order chi connectivity index (χ1) is 9.54. The summed E-state index contributed by atoms with van der Waals surface area (Å²) < 4.78 is 11.2. The molecule has 120 valence electrons. The second-order valence-electron chi connectivity index (χ2n) is 8.46. The number of hydrogen-bond donors (Lipinski definition) is 4. The molecule has 6 nitrogen and oxygen atoms in total. The molecule has 0 aromatic heterocycles. The van der Waals surface area contributed by atoms with Crippen molar-refractivity contribution in [2.75, 3.05) is 0 Å². The number of fused-ring (bicyclic) bond motifs is 3. The fourth-order valence-electron chi connectivity index (χ4n) is 5.47. The van der Waals surface area contributed by atoms with Gasteiger partial charge in [0.2, 0.25) is 0 Å². The molecule has 2 bridgehead atoms. The van der Waals surface area contributed by atoms with Crippen molar-refractivity contribution in [2.24, 2.45) is 17.3 Å². The second kappa shape index (κ2) is 3.63. The van der Waals surface area contributed by atoms with Gasteiger partial charge in [0.25, 0.3) is 0 Å². The van der Waals surface area contributed by atoms with Gasteiger partial charge in [-0.1, -0.05) is 13.8 Å². The lowest BCUT2D eigenvalue weighted by Gasteiger charge is -2.41. The van der Waals surface area contributed by atoms with E-state index in [2.05, 4.69) is 13.8 Å². The van der Waals surface area contributed by atoms with Gasteiger partial charge in [-0.05, 0) is 37.0 Å². The van der Waals surface area contributed by atoms with Crippen LogP contribution in [-0.4, -0.2) is 55.9 Å². The minimum atomic E-state index is -2.10. The van der Waals surface area contributed by atoms with E-state index in [9.17, 15) is 20.4 Å². The second-order valence-corrected chi connectivity index (χ2v) is 8.46. The minimum Gasteiger partial charge on any atom is -0.389 e. The van der Waals surface area contributed by atoms with Crippen LogP contribution in [0.5, 0.6) is 0 Å². The van der Waals surface area contributed by atoms with Crippen molar-refractivity contribution in [1.29, 1.82) is 0 Å². The Bertz CT molecular complexity index is 495. The predicted molar refractivity (Wildman–Crippen MR) is 70.9 cm³/mol.